The minimum absolute atomic E-state index is 0.0562. The lowest BCUT2D eigenvalue weighted by atomic mass is 10.4. The van der Waals surface area contributed by atoms with Gasteiger partial charge in [0.15, 0.2) is 0 Å². The van der Waals surface area contributed by atoms with E-state index in [-0.39, 0.29) is 29.7 Å². The monoisotopic (exact) mass is 261 g/mol. The molecular weight excluding hydrogens is 250 g/mol. The zero-order chi connectivity index (χ0) is 12.7. The van der Waals surface area contributed by atoms with E-state index in [1.54, 1.807) is 0 Å². The standard InChI is InChI=1S/C9H12ClN3O4/c10-7-5-8(13(15)16)9(12-6-7)11-1-3-17-4-2-14/h5-6,14H,1-4H2,(H,11,12). The summed E-state index contributed by atoms with van der Waals surface area (Å²) in [4.78, 5) is 14.0. The van der Waals surface area contributed by atoms with Gasteiger partial charge in [0.1, 0.15) is 0 Å². The van der Waals surface area contributed by atoms with Crippen LogP contribution < -0.4 is 5.32 Å². The van der Waals surface area contributed by atoms with Gasteiger partial charge in [-0.1, -0.05) is 11.6 Å². The van der Waals surface area contributed by atoms with Crippen molar-refractivity contribution in [3.63, 3.8) is 0 Å². The van der Waals surface area contributed by atoms with E-state index in [9.17, 15) is 10.1 Å². The zero-order valence-electron chi connectivity index (χ0n) is 8.93. The number of halogens is 1. The van der Waals surface area contributed by atoms with Crippen LogP contribution in [0.25, 0.3) is 0 Å². The highest BCUT2D eigenvalue weighted by molar-refractivity contribution is 6.30. The molecule has 0 saturated heterocycles. The molecule has 0 radical (unpaired) electrons. The van der Waals surface area contributed by atoms with Crippen LogP contribution in [0.15, 0.2) is 12.3 Å². The van der Waals surface area contributed by atoms with Crippen molar-refractivity contribution >= 4 is 23.1 Å². The molecule has 0 bridgehead atoms. The number of aromatic nitrogens is 1. The van der Waals surface area contributed by atoms with Gasteiger partial charge in [-0.25, -0.2) is 4.98 Å². The van der Waals surface area contributed by atoms with Crippen LogP contribution in [0.2, 0.25) is 5.02 Å². The van der Waals surface area contributed by atoms with Gasteiger partial charge in [0.2, 0.25) is 5.82 Å². The van der Waals surface area contributed by atoms with E-state index < -0.39 is 4.92 Å². The van der Waals surface area contributed by atoms with Crippen LogP contribution in [0.3, 0.4) is 0 Å². The van der Waals surface area contributed by atoms with E-state index in [1.807, 2.05) is 0 Å². The maximum absolute atomic E-state index is 10.7. The molecule has 0 amide bonds. The minimum Gasteiger partial charge on any atom is -0.394 e. The molecule has 1 aromatic rings. The number of nitro groups is 1. The second kappa shape index (κ2) is 7.00. The molecule has 17 heavy (non-hydrogen) atoms. The maximum atomic E-state index is 10.7. The van der Waals surface area contributed by atoms with E-state index in [2.05, 4.69) is 10.3 Å². The molecule has 7 nitrogen and oxygen atoms in total. The molecule has 0 aliphatic carbocycles. The van der Waals surface area contributed by atoms with Crippen molar-refractivity contribution < 1.29 is 14.8 Å². The van der Waals surface area contributed by atoms with Crippen molar-refractivity contribution in [1.82, 2.24) is 4.98 Å². The van der Waals surface area contributed by atoms with Gasteiger partial charge < -0.3 is 15.2 Å². The molecule has 1 rings (SSSR count). The van der Waals surface area contributed by atoms with E-state index >= 15 is 0 Å². The summed E-state index contributed by atoms with van der Waals surface area (Å²) >= 11 is 5.62. The summed E-state index contributed by atoms with van der Waals surface area (Å²) < 4.78 is 4.99. The molecule has 0 aromatic carbocycles. The number of hydrogen-bond donors (Lipinski definition) is 2. The van der Waals surface area contributed by atoms with E-state index in [1.165, 1.54) is 12.3 Å². The smallest absolute Gasteiger partial charge is 0.312 e. The third-order valence-corrected chi connectivity index (χ3v) is 2.01. The fourth-order valence-electron chi connectivity index (χ4n) is 1.11. The molecule has 0 spiro atoms. The summed E-state index contributed by atoms with van der Waals surface area (Å²) in [6.45, 7) is 0.856. The fourth-order valence-corrected chi connectivity index (χ4v) is 1.26. The predicted octanol–water partition coefficient (Wildman–Crippen LogP) is 1.06. The van der Waals surface area contributed by atoms with Gasteiger partial charge in [-0.15, -0.1) is 0 Å². The molecule has 8 heteroatoms. The van der Waals surface area contributed by atoms with Crippen molar-refractivity contribution in [2.24, 2.45) is 0 Å². The Morgan fingerprint density at radius 3 is 3.00 bits per heavy atom. The average Bonchev–Trinajstić information content (AvgIpc) is 2.30. The molecule has 0 saturated carbocycles. The molecule has 1 aromatic heterocycles. The van der Waals surface area contributed by atoms with Crippen LogP contribution in [0.1, 0.15) is 0 Å². The summed E-state index contributed by atoms with van der Waals surface area (Å²) in [7, 11) is 0. The Morgan fingerprint density at radius 2 is 2.35 bits per heavy atom. The number of aliphatic hydroxyl groups is 1. The number of pyridine rings is 1. The lowest BCUT2D eigenvalue weighted by Gasteiger charge is -2.06. The van der Waals surface area contributed by atoms with Crippen LogP contribution in [0, 0.1) is 10.1 Å². The molecule has 0 aliphatic heterocycles. The first kappa shape index (κ1) is 13.6. The van der Waals surface area contributed by atoms with Crippen molar-refractivity contribution in [2.75, 3.05) is 31.7 Å². The van der Waals surface area contributed by atoms with Crippen molar-refractivity contribution in [3.8, 4) is 0 Å². The van der Waals surface area contributed by atoms with Gasteiger partial charge in [0.05, 0.1) is 29.8 Å². The van der Waals surface area contributed by atoms with Gasteiger partial charge in [-0.2, -0.15) is 0 Å². The van der Waals surface area contributed by atoms with Gasteiger partial charge in [0.25, 0.3) is 0 Å². The molecule has 0 aliphatic rings. The second-order valence-electron chi connectivity index (χ2n) is 3.04. The van der Waals surface area contributed by atoms with Crippen LogP contribution in [-0.4, -0.2) is 41.4 Å². The Hall–Kier alpha value is -1.44. The number of nitrogens with zero attached hydrogens (tertiary/aromatic N) is 2. The van der Waals surface area contributed by atoms with E-state index in [0.29, 0.717) is 13.2 Å². The average molecular weight is 262 g/mol. The molecule has 2 N–H and O–H groups in total. The number of aliphatic hydroxyl groups excluding tert-OH is 1. The quantitative estimate of drug-likeness (QED) is 0.433. The van der Waals surface area contributed by atoms with Crippen LogP contribution >= 0.6 is 11.6 Å². The Kier molecular flexibility index (Phi) is 5.61. The Morgan fingerprint density at radius 1 is 1.59 bits per heavy atom. The first-order valence-electron chi connectivity index (χ1n) is 4.87. The normalized spacial score (nSPS) is 10.2. The highest BCUT2D eigenvalue weighted by Gasteiger charge is 2.15. The Labute approximate surface area is 103 Å². The summed E-state index contributed by atoms with van der Waals surface area (Å²) in [5.41, 5.74) is -0.181. The summed E-state index contributed by atoms with van der Waals surface area (Å²) in [6.07, 6.45) is 1.32. The van der Waals surface area contributed by atoms with Gasteiger partial charge in [0, 0.05) is 18.8 Å². The summed E-state index contributed by atoms with van der Waals surface area (Å²) in [6, 6.07) is 1.23. The van der Waals surface area contributed by atoms with Crippen molar-refractivity contribution in [3.05, 3.63) is 27.4 Å². The van der Waals surface area contributed by atoms with Crippen LogP contribution in [0.4, 0.5) is 11.5 Å². The minimum atomic E-state index is -0.560. The number of ether oxygens (including phenoxy) is 1. The molecule has 0 unspecified atom stereocenters. The highest BCUT2D eigenvalue weighted by atomic mass is 35.5. The fraction of sp³-hybridized carbons (Fsp3) is 0.444. The number of hydrogen-bond acceptors (Lipinski definition) is 6. The molecule has 1 heterocycles. The van der Waals surface area contributed by atoms with E-state index in [4.69, 9.17) is 21.4 Å². The molecule has 0 fully saturated rings. The summed E-state index contributed by atoms with van der Waals surface area (Å²) in [5.74, 6) is 0.145. The first-order chi connectivity index (χ1) is 8.15. The summed E-state index contributed by atoms with van der Waals surface area (Å²) in [5, 5.41) is 22.1. The van der Waals surface area contributed by atoms with Gasteiger partial charge in [-0.05, 0) is 0 Å². The SMILES string of the molecule is O=[N+]([O-])c1cc(Cl)cnc1NCCOCCO. The number of anilines is 1. The van der Waals surface area contributed by atoms with E-state index in [0.717, 1.165) is 0 Å². The van der Waals surface area contributed by atoms with Gasteiger partial charge in [-0.3, -0.25) is 10.1 Å². The predicted molar refractivity (Wildman–Crippen MR) is 62.3 cm³/mol. The van der Waals surface area contributed by atoms with Crippen molar-refractivity contribution in [1.29, 1.82) is 0 Å². The molecule has 94 valence electrons. The zero-order valence-corrected chi connectivity index (χ0v) is 9.68. The van der Waals surface area contributed by atoms with Gasteiger partial charge >= 0.3 is 5.69 Å². The van der Waals surface area contributed by atoms with Crippen LogP contribution in [0.5, 0.6) is 0 Å². The first-order valence-corrected chi connectivity index (χ1v) is 5.25. The lowest BCUT2D eigenvalue weighted by Crippen LogP contribution is -2.13. The largest absolute Gasteiger partial charge is 0.394 e. The van der Waals surface area contributed by atoms with Crippen molar-refractivity contribution in [2.45, 2.75) is 0 Å². The topological polar surface area (TPSA) is 97.5 Å². The lowest BCUT2D eigenvalue weighted by molar-refractivity contribution is -0.384. The van der Waals surface area contributed by atoms with Crippen LogP contribution in [-0.2, 0) is 4.74 Å². The number of rotatable bonds is 7. The maximum Gasteiger partial charge on any atom is 0.312 e. The molecule has 0 atom stereocenters. The molecular formula is C9H12ClN3O4. The highest BCUT2D eigenvalue weighted by Crippen LogP contribution is 2.24. The third kappa shape index (κ3) is 4.51. The second-order valence-corrected chi connectivity index (χ2v) is 3.48. The Balaban J connectivity index is 2.55. The number of nitrogens with one attached hydrogen (secondary N) is 1. The third-order valence-electron chi connectivity index (χ3n) is 1.81. The Bertz CT molecular complexity index is 389.